The molecule has 0 radical (unpaired) electrons. The van der Waals surface area contributed by atoms with Crippen molar-refractivity contribution in [1.82, 2.24) is 9.80 Å². The zero-order valence-electron chi connectivity index (χ0n) is 28.6. The molecule has 4 aliphatic rings. The fourth-order valence-electron chi connectivity index (χ4n) is 8.17. The summed E-state index contributed by atoms with van der Waals surface area (Å²) in [6.07, 6.45) is 10.7. The number of amides is 2. The number of hydrogen-bond acceptors (Lipinski definition) is 6. The number of aliphatic carboxylic acids is 2. The van der Waals surface area contributed by atoms with E-state index in [2.05, 4.69) is 0 Å². The third-order valence-electron chi connectivity index (χ3n) is 10.8. The molecule has 4 fully saturated rings. The number of fused-ring (bicyclic) bond motifs is 2. The predicted molar refractivity (Wildman–Crippen MR) is 184 cm³/mol. The number of likely N-dealkylation sites (tertiary alicyclic amines) is 2. The zero-order valence-corrected chi connectivity index (χ0v) is 30.8. The van der Waals surface area contributed by atoms with E-state index < -0.39 is 23.8 Å². The Bertz CT molecular complexity index is 1200. The van der Waals surface area contributed by atoms with E-state index in [-0.39, 0.29) is 73.3 Å². The van der Waals surface area contributed by atoms with Gasteiger partial charge in [-0.2, -0.15) is 0 Å². The second kappa shape index (κ2) is 21.0. The van der Waals surface area contributed by atoms with Crippen LogP contribution in [-0.2, 0) is 32.0 Å². The number of carboxylic acid groups (broad SMARTS) is 2. The molecular formula is C38H52CaN2O8. The number of hydrogen-bond donors (Lipinski definition) is 0. The minimum absolute atomic E-state index is 0. The fraction of sp³-hybridized carbons (Fsp3) is 0.579. The number of carboxylic acids is 2. The molecule has 2 saturated heterocycles. The van der Waals surface area contributed by atoms with E-state index in [1.807, 2.05) is 70.5 Å². The first kappa shape index (κ1) is 42.7. The van der Waals surface area contributed by atoms with E-state index in [0.29, 0.717) is 36.5 Å². The van der Waals surface area contributed by atoms with Crippen molar-refractivity contribution in [2.45, 2.75) is 77.0 Å². The van der Waals surface area contributed by atoms with Crippen molar-refractivity contribution in [3.63, 3.8) is 0 Å². The van der Waals surface area contributed by atoms with Gasteiger partial charge in [-0.1, -0.05) is 86.3 Å². The summed E-state index contributed by atoms with van der Waals surface area (Å²) in [7, 11) is 0. The van der Waals surface area contributed by atoms with Gasteiger partial charge in [-0.05, 0) is 73.3 Å². The summed E-state index contributed by atoms with van der Waals surface area (Å²) < 4.78 is 0. The quantitative estimate of drug-likeness (QED) is 0.335. The van der Waals surface area contributed by atoms with Crippen LogP contribution in [0.2, 0.25) is 0 Å². The maximum atomic E-state index is 12.5. The van der Waals surface area contributed by atoms with Crippen LogP contribution in [0.1, 0.15) is 75.3 Å². The van der Waals surface area contributed by atoms with Gasteiger partial charge in [0.05, 0.1) is 0 Å². The Balaban J connectivity index is 0.000000321. The monoisotopic (exact) mass is 704 g/mol. The smallest absolute Gasteiger partial charge is 0.550 e. The minimum atomic E-state index is -1.13. The van der Waals surface area contributed by atoms with Crippen LogP contribution >= 0.6 is 0 Å². The van der Waals surface area contributed by atoms with Crippen molar-refractivity contribution >= 4 is 61.5 Å². The molecule has 2 amide bonds. The van der Waals surface area contributed by atoms with Crippen LogP contribution < -0.4 is 10.2 Å². The molecule has 49 heavy (non-hydrogen) atoms. The molecule has 10 nitrogen and oxygen atoms in total. The van der Waals surface area contributed by atoms with E-state index in [4.69, 9.17) is 0 Å². The number of rotatable bonds is 10. The SMILES string of the molecule is O.O.O=C([O-])C(CC(=O)N1C[C@H]2CCCC[C@H]2C1)Cc1ccccc1.O=C([O-])[C@H](CC(=O)N1C[C@H]2CCCC[C@H]2C1)Cc1ccccc1.[Ca+2]. The first-order valence-corrected chi connectivity index (χ1v) is 17.3. The summed E-state index contributed by atoms with van der Waals surface area (Å²) in [6, 6.07) is 18.9. The zero-order chi connectivity index (χ0) is 32.5. The Hall–Kier alpha value is -2.50. The number of carbonyl (C=O) groups excluding carboxylic acids is 4. The largest absolute Gasteiger partial charge is 2.00 e. The first-order chi connectivity index (χ1) is 22.3. The van der Waals surface area contributed by atoms with Crippen LogP contribution in [0.3, 0.4) is 0 Å². The molecule has 2 heterocycles. The van der Waals surface area contributed by atoms with E-state index in [0.717, 1.165) is 37.3 Å². The van der Waals surface area contributed by atoms with Gasteiger partial charge in [0, 0.05) is 62.8 Å². The van der Waals surface area contributed by atoms with Gasteiger partial charge in [-0.15, -0.1) is 0 Å². The van der Waals surface area contributed by atoms with Gasteiger partial charge in [-0.25, -0.2) is 0 Å². The van der Waals surface area contributed by atoms with E-state index in [1.165, 1.54) is 51.4 Å². The molecular weight excluding hydrogens is 653 g/mol. The van der Waals surface area contributed by atoms with Crippen molar-refractivity contribution in [3.05, 3.63) is 71.8 Å². The average molecular weight is 705 g/mol. The van der Waals surface area contributed by atoms with Crippen LogP contribution in [0.15, 0.2) is 60.7 Å². The van der Waals surface area contributed by atoms with Gasteiger partial charge in [0.1, 0.15) is 0 Å². The Morgan fingerprint density at radius 2 is 0.837 bits per heavy atom. The molecule has 6 rings (SSSR count). The summed E-state index contributed by atoms with van der Waals surface area (Å²) in [5.41, 5.74) is 1.87. The van der Waals surface area contributed by atoms with Gasteiger partial charge >= 0.3 is 37.7 Å². The van der Waals surface area contributed by atoms with Gasteiger partial charge in [0.15, 0.2) is 0 Å². The van der Waals surface area contributed by atoms with Crippen molar-refractivity contribution in [1.29, 1.82) is 0 Å². The minimum Gasteiger partial charge on any atom is -0.550 e. The summed E-state index contributed by atoms with van der Waals surface area (Å²) in [6.45, 7) is 3.26. The Morgan fingerprint density at radius 1 is 0.551 bits per heavy atom. The maximum Gasteiger partial charge on any atom is 2.00 e. The van der Waals surface area contributed by atoms with Crippen LogP contribution in [0.5, 0.6) is 0 Å². The van der Waals surface area contributed by atoms with Crippen LogP contribution in [0, 0.1) is 35.5 Å². The number of carbonyl (C=O) groups is 4. The maximum absolute atomic E-state index is 12.5. The summed E-state index contributed by atoms with van der Waals surface area (Å²) >= 11 is 0. The van der Waals surface area contributed by atoms with Crippen LogP contribution in [-0.4, -0.2) is 108 Å². The second-order valence-electron chi connectivity index (χ2n) is 14.0. The normalized spacial score (nSPS) is 23.4. The third kappa shape index (κ3) is 12.3. The van der Waals surface area contributed by atoms with E-state index in [1.54, 1.807) is 0 Å². The Labute approximate surface area is 320 Å². The van der Waals surface area contributed by atoms with Crippen molar-refractivity contribution in [2.75, 3.05) is 26.2 Å². The molecule has 2 aromatic rings. The van der Waals surface area contributed by atoms with Gasteiger partial charge in [0.2, 0.25) is 11.8 Å². The summed E-state index contributed by atoms with van der Waals surface area (Å²) in [5, 5.41) is 22.8. The van der Waals surface area contributed by atoms with Crippen LogP contribution in [0.25, 0.3) is 0 Å². The average Bonchev–Trinajstić information content (AvgIpc) is 3.70. The molecule has 4 N–H and O–H groups in total. The van der Waals surface area contributed by atoms with Crippen molar-refractivity contribution in [3.8, 4) is 0 Å². The van der Waals surface area contributed by atoms with Crippen molar-refractivity contribution in [2.24, 2.45) is 35.5 Å². The van der Waals surface area contributed by atoms with Gasteiger partial charge < -0.3 is 40.6 Å². The fourth-order valence-corrected chi connectivity index (χ4v) is 8.17. The van der Waals surface area contributed by atoms with Crippen molar-refractivity contribution < 1.29 is 40.3 Å². The molecule has 6 atom stereocenters. The summed E-state index contributed by atoms with van der Waals surface area (Å²) in [5.74, 6) is -1.27. The Morgan fingerprint density at radius 3 is 1.10 bits per heavy atom. The molecule has 0 bridgehead atoms. The molecule has 0 spiro atoms. The second-order valence-corrected chi connectivity index (χ2v) is 14.0. The topological polar surface area (TPSA) is 184 Å². The Kier molecular flexibility index (Phi) is 18.3. The molecule has 2 saturated carbocycles. The standard InChI is InChI=1S/2C19H25NO3.Ca.2H2O/c2*21-18(20-12-15-8-4-5-9-16(15)13-20)11-17(19(22)23)10-14-6-2-1-3-7-14;;;/h2*1-3,6-7,15-17H,4-5,8-13H2,(H,22,23);;2*1H2/q;;+2;;/p-2/t15-,16+,17?;15-,16+,17-;;;/m.0.../s1. The predicted octanol–water partition coefficient (Wildman–Crippen LogP) is 1.24. The molecule has 0 aromatic heterocycles. The van der Waals surface area contributed by atoms with Crippen LogP contribution in [0.4, 0.5) is 0 Å². The van der Waals surface area contributed by atoms with E-state index >= 15 is 0 Å². The first-order valence-electron chi connectivity index (χ1n) is 17.3. The molecule has 2 aliphatic heterocycles. The number of nitrogens with zero attached hydrogens (tertiary/aromatic N) is 2. The third-order valence-corrected chi connectivity index (χ3v) is 10.8. The van der Waals surface area contributed by atoms with Gasteiger partial charge in [0.25, 0.3) is 0 Å². The molecule has 11 heteroatoms. The molecule has 264 valence electrons. The molecule has 2 aromatic carbocycles. The number of benzene rings is 2. The van der Waals surface area contributed by atoms with E-state index in [9.17, 15) is 29.4 Å². The van der Waals surface area contributed by atoms with Gasteiger partial charge in [-0.3, -0.25) is 9.59 Å². The summed E-state index contributed by atoms with van der Waals surface area (Å²) in [4.78, 5) is 51.7. The molecule has 2 aliphatic carbocycles. The molecule has 1 unspecified atom stereocenters.